The van der Waals surface area contributed by atoms with Crippen molar-refractivity contribution in [1.29, 1.82) is 0 Å². The molecule has 0 rings (SSSR count). The highest BCUT2D eigenvalue weighted by molar-refractivity contribution is 5.92. The van der Waals surface area contributed by atoms with Gasteiger partial charge < -0.3 is 9.84 Å². The molecule has 4 nitrogen and oxygen atoms in total. The van der Waals surface area contributed by atoms with Gasteiger partial charge in [0.15, 0.2) is 11.9 Å². The van der Waals surface area contributed by atoms with Crippen molar-refractivity contribution in [2.24, 2.45) is 0 Å². The van der Waals surface area contributed by atoms with Gasteiger partial charge in [0.25, 0.3) is 6.47 Å². The smallest absolute Gasteiger partial charge is 0.293 e. The Balaban J connectivity index is 3.60. The van der Waals surface area contributed by atoms with Gasteiger partial charge in [-0.05, 0) is 6.08 Å². The van der Waals surface area contributed by atoms with Crippen LogP contribution in [-0.2, 0) is 14.3 Å². The van der Waals surface area contributed by atoms with Crippen molar-refractivity contribution in [2.75, 3.05) is 6.61 Å². The Morgan fingerprint density at radius 1 is 1.80 bits per heavy atom. The third kappa shape index (κ3) is 2.99. The summed E-state index contributed by atoms with van der Waals surface area (Å²) in [4.78, 5) is 20.0. The van der Waals surface area contributed by atoms with Crippen LogP contribution in [0.2, 0.25) is 0 Å². The highest BCUT2D eigenvalue weighted by Gasteiger charge is 2.10. The zero-order chi connectivity index (χ0) is 7.98. The van der Waals surface area contributed by atoms with E-state index in [-0.39, 0.29) is 13.1 Å². The monoisotopic (exact) mass is 144 g/mol. The van der Waals surface area contributed by atoms with E-state index in [1.165, 1.54) is 0 Å². The molecule has 4 heteroatoms. The van der Waals surface area contributed by atoms with Crippen LogP contribution in [-0.4, -0.2) is 30.1 Å². The summed E-state index contributed by atoms with van der Waals surface area (Å²) in [5.74, 6) is -0.554. The Labute approximate surface area is 58.1 Å². The second-order valence-corrected chi connectivity index (χ2v) is 1.55. The fraction of sp³-hybridized carbons (Fsp3) is 0.333. The lowest BCUT2D eigenvalue weighted by Crippen LogP contribution is -2.23. The number of carbonyl (C=O) groups excluding carboxylic acids is 2. The summed E-state index contributed by atoms with van der Waals surface area (Å²) in [7, 11) is 0. The molecule has 1 atom stereocenters. The number of rotatable bonds is 5. The van der Waals surface area contributed by atoms with E-state index >= 15 is 0 Å². The molecular weight excluding hydrogens is 136 g/mol. The molecule has 10 heavy (non-hydrogen) atoms. The van der Waals surface area contributed by atoms with Crippen LogP contribution in [0.3, 0.4) is 0 Å². The quantitative estimate of drug-likeness (QED) is 0.408. The molecule has 1 unspecified atom stereocenters. The first-order valence-corrected chi connectivity index (χ1v) is 2.62. The molecule has 0 aromatic carbocycles. The molecule has 1 N–H and O–H groups in total. The van der Waals surface area contributed by atoms with E-state index < -0.39 is 11.9 Å². The molecule has 0 aliphatic carbocycles. The molecule has 0 bridgehead atoms. The molecule has 0 aliphatic heterocycles. The Bertz CT molecular complexity index is 141. The van der Waals surface area contributed by atoms with E-state index in [1.54, 1.807) is 0 Å². The highest BCUT2D eigenvalue weighted by Crippen LogP contribution is 1.86. The van der Waals surface area contributed by atoms with Crippen molar-refractivity contribution in [3.63, 3.8) is 0 Å². The first kappa shape index (κ1) is 8.84. The molecule has 0 saturated carbocycles. The van der Waals surface area contributed by atoms with Gasteiger partial charge in [0.1, 0.15) is 6.61 Å². The first-order chi connectivity index (χ1) is 4.72. The molecule has 0 aromatic rings. The average molecular weight is 144 g/mol. The Kier molecular flexibility index (Phi) is 4.15. The molecule has 0 aromatic heterocycles. The maximum atomic E-state index is 10.5. The maximum absolute atomic E-state index is 10.5. The van der Waals surface area contributed by atoms with Gasteiger partial charge in [-0.3, -0.25) is 9.59 Å². The molecular formula is C6H8O4. The van der Waals surface area contributed by atoms with Gasteiger partial charge in [0.2, 0.25) is 0 Å². The van der Waals surface area contributed by atoms with Crippen molar-refractivity contribution in [2.45, 2.75) is 6.10 Å². The fourth-order valence-electron chi connectivity index (χ4n) is 0.349. The minimum Gasteiger partial charge on any atom is -0.465 e. The number of ketones is 1. The molecule has 0 heterocycles. The summed E-state index contributed by atoms with van der Waals surface area (Å²) >= 11 is 0. The minimum atomic E-state index is -1.28. The van der Waals surface area contributed by atoms with Crippen LogP contribution >= 0.6 is 0 Å². The lowest BCUT2D eigenvalue weighted by atomic mass is 10.2. The van der Waals surface area contributed by atoms with Crippen molar-refractivity contribution in [3.05, 3.63) is 12.7 Å². The highest BCUT2D eigenvalue weighted by atomic mass is 16.5. The number of aliphatic hydroxyl groups excluding tert-OH is 1. The average Bonchev–Trinajstić information content (AvgIpc) is 1.98. The summed E-state index contributed by atoms with van der Waals surface area (Å²) in [6.45, 7) is 2.99. The topological polar surface area (TPSA) is 63.6 Å². The Hall–Kier alpha value is -1.16. The van der Waals surface area contributed by atoms with Crippen LogP contribution in [0.1, 0.15) is 0 Å². The second kappa shape index (κ2) is 4.69. The molecule has 56 valence electrons. The van der Waals surface area contributed by atoms with Gasteiger partial charge >= 0.3 is 0 Å². The van der Waals surface area contributed by atoms with Gasteiger partial charge in [-0.1, -0.05) is 6.58 Å². The van der Waals surface area contributed by atoms with E-state index in [0.29, 0.717) is 0 Å². The van der Waals surface area contributed by atoms with E-state index in [1.807, 2.05) is 0 Å². The standard InChI is InChI=1S/C6H8O4/c1-2-5(8)6(9)3-10-4-7/h2,4,6,9H,1,3H2. The SMILES string of the molecule is C=CC(=O)C(O)COC=O. The number of ether oxygens (including phenoxy) is 1. The lowest BCUT2D eigenvalue weighted by molar-refractivity contribution is -0.135. The molecule has 0 aliphatic rings. The minimum absolute atomic E-state index is 0.166. The third-order valence-corrected chi connectivity index (χ3v) is 0.852. The van der Waals surface area contributed by atoms with Crippen molar-refractivity contribution in [3.8, 4) is 0 Å². The summed E-state index contributed by atoms with van der Waals surface area (Å²) in [6, 6.07) is 0. The van der Waals surface area contributed by atoms with Gasteiger partial charge in [0, 0.05) is 0 Å². The molecule has 0 spiro atoms. The normalized spacial score (nSPS) is 11.7. The van der Waals surface area contributed by atoms with E-state index in [2.05, 4.69) is 11.3 Å². The summed E-state index contributed by atoms with van der Waals surface area (Å²) in [5.41, 5.74) is 0. The van der Waals surface area contributed by atoms with Crippen molar-refractivity contribution < 1.29 is 19.4 Å². The largest absolute Gasteiger partial charge is 0.465 e. The van der Waals surface area contributed by atoms with E-state index in [9.17, 15) is 9.59 Å². The summed E-state index contributed by atoms with van der Waals surface area (Å²) in [5, 5.41) is 8.74. The molecule has 0 amide bonds. The first-order valence-electron chi connectivity index (χ1n) is 2.62. The van der Waals surface area contributed by atoms with Crippen LogP contribution in [0.15, 0.2) is 12.7 Å². The Morgan fingerprint density at radius 2 is 2.40 bits per heavy atom. The zero-order valence-corrected chi connectivity index (χ0v) is 5.32. The zero-order valence-electron chi connectivity index (χ0n) is 5.32. The maximum Gasteiger partial charge on any atom is 0.293 e. The summed E-state index contributed by atoms with van der Waals surface area (Å²) < 4.78 is 4.12. The van der Waals surface area contributed by atoms with Gasteiger partial charge in [0.05, 0.1) is 0 Å². The number of hydrogen-bond acceptors (Lipinski definition) is 4. The molecule has 0 fully saturated rings. The van der Waals surface area contributed by atoms with Crippen LogP contribution in [0.4, 0.5) is 0 Å². The molecule has 0 saturated heterocycles. The number of aliphatic hydroxyl groups is 1. The number of carbonyl (C=O) groups is 2. The molecule has 0 radical (unpaired) electrons. The van der Waals surface area contributed by atoms with Crippen molar-refractivity contribution >= 4 is 12.3 Å². The van der Waals surface area contributed by atoms with E-state index in [4.69, 9.17) is 5.11 Å². The second-order valence-electron chi connectivity index (χ2n) is 1.55. The third-order valence-electron chi connectivity index (χ3n) is 0.852. The van der Waals surface area contributed by atoms with Crippen LogP contribution in [0.25, 0.3) is 0 Å². The summed E-state index contributed by atoms with van der Waals surface area (Å²) in [6.07, 6.45) is -0.304. The van der Waals surface area contributed by atoms with Crippen LogP contribution in [0.5, 0.6) is 0 Å². The predicted octanol–water partition coefficient (Wildman–Crippen LogP) is -0.725. The number of hydrogen-bond donors (Lipinski definition) is 1. The Morgan fingerprint density at radius 3 is 2.80 bits per heavy atom. The van der Waals surface area contributed by atoms with Crippen LogP contribution in [0, 0.1) is 0 Å². The van der Waals surface area contributed by atoms with Crippen LogP contribution < -0.4 is 0 Å². The predicted molar refractivity (Wildman–Crippen MR) is 33.2 cm³/mol. The van der Waals surface area contributed by atoms with Crippen molar-refractivity contribution in [1.82, 2.24) is 0 Å². The van der Waals surface area contributed by atoms with Gasteiger partial charge in [-0.15, -0.1) is 0 Å². The van der Waals surface area contributed by atoms with Gasteiger partial charge in [-0.2, -0.15) is 0 Å². The lowest BCUT2D eigenvalue weighted by Gasteiger charge is -2.02. The fourth-order valence-corrected chi connectivity index (χ4v) is 0.349. The van der Waals surface area contributed by atoms with E-state index in [0.717, 1.165) is 6.08 Å². The van der Waals surface area contributed by atoms with Gasteiger partial charge in [-0.25, -0.2) is 0 Å².